The van der Waals surface area contributed by atoms with E-state index in [4.69, 9.17) is 4.74 Å². The van der Waals surface area contributed by atoms with E-state index in [1.807, 2.05) is 20.9 Å². The van der Waals surface area contributed by atoms with Crippen LogP contribution in [0.1, 0.15) is 13.8 Å². The lowest BCUT2D eigenvalue weighted by Crippen LogP contribution is -2.48. The molecule has 5 nitrogen and oxygen atoms in total. The van der Waals surface area contributed by atoms with Crippen molar-refractivity contribution in [2.75, 3.05) is 45.6 Å². The lowest BCUT2D eigenvalue weighted by molar-refractivity contribution is 0.0904. The number of ether oxygens (including phenoxy) is 1. The zero-order valence-corrected chi connectivity index (χ0v) is 11.2. The summed E-state index contributed by atoms with van der Waals surface area (Å²) in [4.78, 5) is 2.14. The maximum atomic E-state index is 11.9. The number of hydrogen-bond acceptors (Lipinski definition) is 4. The van der Waals surface area contributed by atoms with Gasteiger partial charge in [0.05, 0.1) is 18.5 Å². The van der Waals surface area contributed by atoms with Crippen LogP contribution in [0.2, 0.25) is 0 Å². The van der Waals surface area contributed by atoms with Crippen molar-refractivity contribution in [3.05, 3.63) is 0 Å². The molecule has 16 heavy (non-hydrogen) atoms. The number of likely N-dealkylation sites (N-methyl/N-ethyl adjacent to an activating group) is 1. The molecule has 1 aliphatic rings. The molecule has 0 atom stereocenters. The van der Waals surface area contributed by atoms with E-state index in [1.165, 1.54) is 0 Å². The molecule has 0 aromatic rings. The third-order valence-electron chi connectivity index (χ3n) is 2.65. The second-order valence-electron chi connectivity index (χ2n) is 4.44. The quantitative estimate of drug-likeness (QED) is 0.688. The van der Waals surface area contributed by atoms with Gasteiger partial charge in [-0.15, -0.1) is 0 Å². The molecule has 1 heterocycles. The molecule has 96 valence electrons. The first-order valence-corrected chi connectivity index (χ1v) is 7.30. The predicted molar refractivity (Wildman–Crippen MR) is 63.9 cm³/mol. The van der Waals surface area contributed by atoms with E-state index in [1.54, 1.807) is 4.31 Å². The van der Waals surface area contributed by atoms with Crippen LogP contribution in [0.25, 0.3) is 0 Å². The molecular weight excluding hydrogens is 228 g/mol. The van der Waals surface area contributed by atoms with Gasteiger partial charge < -0.3 is 9.64 Å². The smallest absolute Gasteiger partial charge is 0.216 e. The standard InChI is InChI=1S/C10H22N2O3S/c1-10(2)15-8-9-16(13,14)12-6-4-11(3)5-7-12/h10H,4-9H2,1-3H3. The van der Waals surface area contributed by atoms with Crippen molar-refractivity contribution in [3.8, 4) is 0 Å². The summed E-state index contributed by atoms with van der Waals surface area (Å²) in [7, 11) is -1.11. The Labute approximate surface area is 98.4 Å². The van der Waals surface area contributed by atoms with Crippen LogP contribution in [0.4, 0.5) is 0 Å². The molecule has 1 aliphatic heterocycles. The summed E-state index contributed by atoms with van der Waals surface area (Å²) in [6.07, 6.45) is 0.0858. The van der Waals surface area contributed by atoms with Crippen LogP contribution in [-0.4, -0.2) is 69.3 Å². The normalized spacial score (nSPS) is 20.5. The highest BCUT2D eigenvalue weighted by molar-refractivity contribution is 7.89. The Morgan fingerprint density at radius 1 is 1.19 bits per heavy atom. The lowest BCUT2D eigenvalue weighted by atomic mass is 10.4. The minimum absolute atomic E-state index is 0.0858. The molecule has 0 spiro atoms. The lowest BCUT2D eigenvalue weighted by Gasteiger charge is -2.31. The second kappa shape index (κ2) is 5.95. The molecule has 6 heteroatoms. The zero-order valence-electron chi connectivity index (χ0n) is 10.3. The van der Waals surface area contributed by atoms with Gasteiger partial charge in [-0.05, 0) is 20.9 Å². The van der Waals surface area contributed by atoms with Gasteiger partial charge >= 0.3 is 0 Å². The average molecular weight is 250 g/mol. The van der Waals surface area contributed by atoms with Crippen molar-refractivity contribution in [2.24, 2.45) is 0 Å². The summed E-state index contributed by atoms with van der Waals surface area (Å²) in [5.41, 5.74) is 0. The SMILES string of the molecule is CC(C)OCCS(=O)(=O)N1CCN(C)CC1. The molecule has 0 bridgehead atoms. The van der Waals surface area contributed by atoms with E-state index in [-0.39, 0.29) is 18.5 Å². The first kappa shape index (κ1) is 13.9. The van der Waals surface area contributed by atoms with E-state index in [9.17, 15) is 8.42 Å². The zero-order chi connectivity index (χ0) is 12.2. The molecule has 0 aromatic heterocycles. The summed E-state index contributed by atoms with van der Waals surface area (Å²) in [5.74, 6) is 0.0922. The predicted octanol–water partition coefficient (Wildman–Crippen LogP) is -0.0114. The molecular formula is C10H22N2O3S. The Morgan fingerprint density at radius 3 is 2.25 bits per heavy atom. The topological polar surface area (TPSA) is 49.9 Å². The van der Waals surface area contributed by atoms with Gasteiger partial charge in [-0.25, -0.2) is 8.42 Å². The van der Waals surface area contributed by atoms with Crippen molar-refractivity contribution >= 4 is 10.0 Å². The van der Waals surface area contributed by atoms with Crippen LogP contribution < -0.4 is 0 Å². The van der Waals surface area contributed by atoms with Gasteiger partial charge in [-0.3, -0.25) is 0 Å². The maximum absolute atomic E-state index is 11.9. The fourth-order valence-corrected chi connectivity index (χ4v) is 2.87. The third-order valence-corrected chi connectivity index (χ3v) is 4.48. The molecule has 0 radical (unpaired) electrons. The van der Waals surface area contributed by atoms with Gasteiger partial charge in [0, 0.05) is 26.2 Å². The van der Waals surface area contributed by atoms with Crippen molar-refractivity contribution in [3.63, 3.8) is 0 Å². The van der Waals surface area contributed by atoms with Crippen LogP contribution >= 0.6 is 0 Å². The minimum Gasteiger partial charge on any atom is -0.378 e. The Morgan fingerprint density at radius 2 is 1.75 bits per heavy atom. The van der Waals surface area contributed by atoms with Crippen molar-refractivity contribution in [2.45, 2.75) is 20.0 Å². The van der Waals surface area contributed by atoms with Gasteiger partial charge in [-0.2, -0.15) is 4.31 Å². The Kier molecular flexibility index (Phi) is 5.17. The van der Waals surface area contributed by atoms with E-state index in [2.05, 4.69) is 4.90 Å². The highest BCUT2D eigenvalue weighted by atomic mass is 32.2. The highest BCUT2D eigenvalue weighted by Gasteiger charge is 2.25. The summed E-state index contributed by atoms with van der Waals surface area (Å²) in [5, 5.41) is 0. The summed E-state index contributed by atoms with van der Waals surface area (Å²) < 4.78 is 30.6. The number of sulfonamides is 1. The van der Waals surface area contributed by atoms with Gasteiger partial charge in [0.1, 0.15) is 0 Å². The molecule has 1 rings (SSSR count). The first-order valence-electron chi connectivity index (χ1n) is 5.70. The highest BCUT2D eigenvalue weighted by Crippen LogP contribution is 2.07. The number of rotatable bonds is 5. The second-order valence-corrected chi connectivity index (χ2v) is 6.53. The summed E-state index contributed by atoms with van der Waals surface area (Å²) in [6.45, 7) is 6.91. The van der Waals surface area contributed by atoms with E-state index in [0.29, 0.717) is 13.1 Å². The molecule has 0 N–H and O–H groups in total. The first-order chi connectivity index (χ1) is 7.42. The maximum Gasteiger partial charge on any atom is 0.216 e. The van der Waals surface area contributed by atoms with Gasteiger partial charge in [0.25, 0.3) is 0 Å². The van der Waals surface area contributed by atoms with Gasteiger partial charge in [-0.1, -0.05) is 0 Å². The summed E-state index contributed by atoms with van der Waals surface area (Å²) >= 11 is 0. The summed E-state index contributed by atoms with van der Waals surface area (Å²) in [6, 6.07) is 0. The van der Waals surface area contributed by atoms with Crippen LogP contribution in [0.15, 0.2) is 0 Å². The van der Waals surface area contributed by atoms with Crippen LogP contribution in [0, 0.1) is 0 Å². The van der Waals surface area contributed by atoms with Crippen LogP contribution in [0.5, 0.6) is 0 Å². The molecule has 0 unspecified atom stereocenters. The Hall–Kier alpha value is -0.170. The molecule has 1 fully saturated rings. The molecule has 1 saturated heterocycles. The third kappa shape index (κ3) is 4.37. The largest absolute Gasteiger partial charge is 0.378 e. The van der Waals surface area contributed by atoms with E-state index in [0.717, 1.165) is 13.1 Å². The molecule has 0 amide bonds. The fraction of sp³-hybridized carbons (Fsp3) is 1.00. The molecule has 0 saturated carbocycles. The molecule has 0 aliphatic carbocycles. The molecule has 0 aromatic carbocycles. The minimum atomic E-state index is -3.12. The van der Waals surface area contributed by atoms with Crippen molar-refractivity contribution < 1.29 is 13.2 Å². The number of nitrogens with zero attached hydrogens (tertiary/aromatic N) is 2. The Bertz CT molecular complexity index is 295. The average Bonchev–Trinajstić information content (AvgIpc) is 2.17. The van der Waals surface area contributed by atoms with Crippen molar-refractivity contribution in [1.29, 1.82) is 0 Å². The number of piperazine rings is 1. The van der Waals surface area contributed by atoms with E-state index >= 15 is 0 Å². The van der Waals surface area contributed by atoms with Crippen molar-refractivity contribution in [1.82, 2.24) is 9.21 Å². The fourth-order valence-electron chi connectivity index (χ4n) is 1.58. The van der Waals surface area contributed by atoms with E-state index < -0.39 is 10.0 Å². The monoisotopic (exact) mass is 250 g/mol. The van der Waals surface area contributed by atoms with Gasteiger partial charge in [0.2, 0.25) is 10.0 Å². The Balaban J connectivity index is 2.38. The van der Waals surface area contributed by atoms with Crippen LogP contribution in [-0.2, 0) is 14.8 Å². The number of hydrogen-bond donors (Lipinski definition) is 0. The van der Waals surface area contributed by atoms with Gasteiger partial charge in [0.15, 0.2) is 0 Å². The van der Waals surface area contributed by atoms with Crippen LogP contribution in [0.3, 0.4) is 0 Å².